The Kier molecular flexibility index (Phi) is 4.67. The van der Waals surface area contributed by atoms with E-state index in [1.54, 1.807) is 0 Å². The Morgan fingerprint density at radius 2 is 2.00 bits per heavy atom. The molecule has 3 heteroatoms. The smallest absolute Gasteiger partial charge is 0.134 e. The van der Waals surface area contributed by atoms with Gasteiger partial charge in [0.15, 0.2) is 0 Å². The summed E-state index contributed by atoms with van der Waals surface area (Å²) in [4.78, 5) is 0. The van der Waals surface area contributed by atoms with Crippen LogP contribution < -0.4 is 5.32 Å². The lowest BCUT2D eigenvalue weighted by atomic mass is 10.1. The van der Waals surface area contributed by atoms with Crippen LogP contribution in [0.1, 0.15) is 37.6 Å². The summed E-state index contributed by atoms with van der Waals surface area (Å²) in [5, 5.41) is 4.19. The van der Waals surface area contributed by atoms with E-state index in [-0.39, 0.29) is 6.04 Å². The predicted molar refractivity (Wildman–Crippen MR) is 80.6 cm³/mol. The number of hydrogen-bond donors (Lipinski definition) is 1. The fraction of sp³-hybridized carbons (Fsp3) is 0.375. The van der Waals surface area contributed by atoms with Crippen molar-refractivity contribution in [1.82, 2.24) is 5.32 Å². The minimum Gasteiger partial charge on any atom is -0.459 e. The Hall–Kier alpha value is -1.25. The fourth-order valence-electron chi connectivity index (χ4n) is 2.13. The van der Waals surface area contributed by atoms with Crippen LogP contribution in [0.25, 0.3) is 11.3 Å². The second-order valence-corrected chi connectivity index (χ2v) is 5.09. The molecule has 2 rings (SSSR count). The van der Waals surface area contributed by atoms with E-state index >= 15 is 0 Å². The first-order valence-electron chi connectivity index (χ1n) is 6.75. The van der Waals surface area contributed by atoms with Gasteiger partial charge in [-0.3, -0.25) is 0 Å². The molecular weight excluding hydrogens is 258 g/mol. The molecule has 19 heavy (non-hydrogen) atoms. The highest BCUT2D eigenvalue weighted by Gasteiger charge is 2.13. The van der Waals surface area contributed by atoms with Gasteiger partial charge in [-0.25, -0.2) is 0 Å². The van der Waals surface area contributed by atoms with E-state index in [0.29, 0.717) is 0 Å². The molecule has 0 spiro atoms. The molecule has 0 aliphatic heterocycles. The molecule has 1 heterocycles. The van der Waals surface area contributed by atoms with Crippen LogP contribution in [0.15, 0.2) is 34.7 Å². The van der Waals surface area contributed by atoms with Crippen molar-refractivity contribution < 1.29 is 4.42 Å². The topological polar surface area (TPSA) is 25.2 Å². The highest BCUT2D eigenvalue weighted by molar-refractivity contribution is 6.31. The van der Waals surface area contributed by atoms with Gasteiger partial charge >= 0.3 is 0 Å². The van der Waals surface area contributed by atoms with Crippen molar-refractivity contribution in [1.29, 1.82) is 0 Å². The predicted octanol–water partition coefficient (Wildman–Crippen LogP) is 4.97. The summed E-state index contributed by atoms with van der Waals surface area (Å²) < 4.78 is 5.95. The number of furan rings is 1. The molecule has 2 aromatic rings. The average Bonchev–Trinajstić information content (AvgIpc) is 2.88. The van der Waals surface area contributed by atoms with E-state index in [9.17, 15) is 0 Å². The molecule has 0 saturated heterocycles. The van der Waals surface area contributed by atoms with Gasteiger partial charge in [0, 0.05) is 10.6 Å². The Morgan fingerprint density at radius 1 is 1.21 bits per heavy atom. The van der Waals surface area contributed by atoms with E-state index in [1.165, 1.54) is 0 Å². The first-order chi connectivity index (χ1) is 9.15. The zero-order chi connectivity index (χ0) is 13.8. The van der Waals surface area contributed by atoms with Crippen LogP contribution in [0.5, 0.6) is 0 Å². The number of nitrogens with one attached hydrogen (secondary N) is 1. The highest BCUT2D eigenvalue weighted by atomic mass is 35.5. The van der Waals surface area contributed by atoms with E-state index in [2.05, 4.69) is 19.2 Å². The van der Waals surface area contributed by atoms with Gasteiger partial charge in [0.05, 0.1) is 6.04 Å². The molecule has 2 nitrogen and oxygen atoms in total. The second-order valence-electron chi connectivity index (χ2n) is 4.68. The first-order valence-corrected chi connectivity index (χ1v) is 7.13. The van der Waals surface area contributed by atoms with Gasteiger partial charge in [0.25, 0.3) is 0 Å². The molecule has 0 fully saturated rings. The minimum absolute atomic E-state index is 0.277. The molecule has 0 bridgehead atoms. The lowest BCUT2D eigenvalue weighted by Crippen LogP contribution is -2.19. The summed E-state index contributed by atoms with van der Waals surface area (Å²) in [6.45, 7) is 7.19. The zero-order valence-electron chi connectivity index (χ0n) is 11.7. The number of rotatable bonds is 5. The van der Waals surface area contributed by atoms with E-state index < -0.39 is 0 Å². The summed E-state index contributed by atoms with van der Waals surface area (Å²) in [7, 11) is 0. The lowest BCUT2D eigenvalue weighted by Gasteiger charge is -2.12. The van der Waals surface area contributed by atoms with Crippen LogP contribution in [0.2, 0.25) is 5.02 Å². The Balaban J connectivity index is 2.27. The Morgan fingerprint density at radius 3 is 2.63 bits per heavy atom. The van der Waals surface area contributed by atoms with Gasteiger partial charge < -0.3 is 9.73 Å². The third-order valence-corrected chi connectivity index (χ3v) is 3.69. The second kappa shape index (κ2) is 6.27. The summed E-state index contributed by atoms with van der Waals surface area (Å²) in [6, 6.07) is 10.3. The van der Waals surface area contributed by atoms with Crippen LogP contribution in [0.4, 0.5) is 0 Å². The lowest BCUT2D eigenvalue weighted by molar-refractivity contribution is 0.417. The number of halogens is 1. The first kappa shape index (κ1) is 14.2. The molecule has 0 saturated carbocycles. The third kappa shape index (κ3) is 3.20. The fourth-order valence-corrected chi connectivity index (χ4v) is 2.31. The maximum atomic E-state index is 6.16. The van der Waals surface area contributed by atoms with Crippen LogP contribution in [0.3, 0.4) is 0 Å². The van der Waals surface area contributed by atoms with E-state index in [4.69, 9.17) is 16.0 Å². The monoisotopic (exact) mass is 277 g/mol. The molecule has 1 atom stereocenters. The normalized spacial score (nSPS) is 12.6. The number of hydrogen-bond acceptors (Lipinski definition) is 2. The molecule has 1 aromatic carbocycles. The third-order valence-electron chi connectivity index (χ3n) is 3.29. The highest BCUT2D eigenvalue weighted by Crippen LogP contribution is 2.29. The van der Waals surface area contributed by atoms with E-state index in [1.807, 2.05) is 37.3 Å². The minimum atomic E-state index is 0.277. The van der Waals surface area contributed by atoms with Crippen LogP contribution in [-0.2, 0) is 0 Å². The van der Waals surface area contributed by atoms with Crippen LogP contribution >= 0.6 is 11.6 Å². The van der Waals surface area contributed by atoms with Crippen molar-refractivity contribution in [3.8, 4) is 11.3 Å². The molecule has 102 valence electrons. The summed E-state index contributed by atoms with van der Waals surface area (Å²) in [6.07, 6.45) is 1.01. The molecule has 0 radical (unpaired) electrons. The van der Waals surface area contributed by atoms with Crippen LogP contribution in [-0.4, -0.2) is 6.54 Å². The number of aryl methyl sites for hydroxylation is 1. The standard InChI is InChI=1S/C16H20ClNO/c1-4-14(18-5-2)16-9-8-15(19-16)12-7-6-11(3)13(17)10-12/h6-10,14,18H,4-5H2,1-3H3. The largest absolute Gasteiger partial charge is 0.459 e. The van der Waals surface area contributed by atoms with Gasteiger partial charge in [0.1, 0.15) is 11.5 Å². The van der Waals surface area contributed by atoms with Crippen molar-refractivity contribution in [2.45, 2.75) is 33.2 Å². The number of benzene rings is 1. The van der Waals surface area contributed by atoms with Crippen molar-refractivity contribution in [3.05, 3.63) is 46.7 Å². The zero-order valence-corrected chi connectivity index (χ0v) is 12.4. The van der Waals surface area contributed by atoms with Gasteiger partial charge in [-0.15, -0.1) is 0 Å². The molecule has 0 aliphatic carbocycles. The maximum Gasteiger partial charge on any atom is 0.134 e. The SMILES string of the molecule is CCNC(CC)c1ccc(-c2ccc(C)c(Cl)c2)o1. The van der Waals surface area contributed by atoms with Gasteiger partial charge in [0.2, 0.25) is 0 Å². The summed E-state index contributed by atoms with van der Waals surface area (Å²) in [5.41, 5.74) is 2.10. The molecule has 1 aromatic heterocycles. The summed E-state index contributed by atoms with van der Waals surface area (Å²) in [5.74, 6) is 1.85. The van der Waals surface area contributed by atoms with Gasteiger partial charge in [-0.1, -0.05) is 37.6 Å². The molecule has 1 N–H and O–H groups in total. The Labute approximate surface area is 119 Å². The van der Waals surface area contributed by atoms with Crippen LogP contribution in [0, 0.1) is 6.92 Å². The van der Waals surface area contributed by atoms with Crippen molar-refractivity contribution in [3.63, 3.8) is 0 Å². The maximum absolute atomic E-state index is 6.16. The van der Waals surface area contributed by atoms with Gasteiger partial charge in [-0.05, 0) is 43.7 Å². The molecule has 0 amide bonds. The van der Waals surface area contributed by atoms with Gasteiger partial charge in [-0.2, -0.15) is 0 Å². The van der Waals surface area contributed by atoms with Crippen molar-refractivity contribution >= 4 is 11.6 Å². The Bertz CT molecular complexity index is 547. The molecule has 0 aliphatic rings. The van der Waals surface area contributed by atoms with Crippen molar-refractivity contribution in [2.75, 3.05) is 6.54 Å². The summed E-state index contributed by atoms with van der Waals surface area (Å²) >= 11 is 6.16. The molecular formula is C16H20ClNO. The van der Waals surface area contributed by atoms with Crippen molar-refractivity contribution in [2.24, 2.45) is 0 Å². The quantitative estimate of drug-likeness (QED) is 0.835. The molecule has 1 unspecified atom stereocenters. The van der Waals surface area contributed by atoms with E-state index in [0.717, 1.165) is 40.6 Å². The average molecular weight is 278 g/mol.